The summed E-state index contributed by atoms with van der Waals surface area (Å²) in [5.74, 6) is -0.105. The van der Waals surface area contributed by atoms with E-state index in [4.69, 9.17) is 4.74 Å². The van der Waals surface area contributed by atoms with Gasteiger partial charge in [-0.2, -0.15) is 0 Å². The van der Waals surface area contributed by atoms with Gasteiger partial charge in [-0.25, -0.2) is 4.39 Å². The first kappa shape index (κ1) is 26.4. The number of amides is 2. The van der Waals surface area contributed by atoms with Crippen LogP contribution in [0.15, 0.2) is 55.1 Å². The molecular weight excluding hydrogens is 449 g/mol. The van der Waals surface area contributed by atoms with E-state index < -0.39 is 12.2 Å². The number of ether oxygens (including phenoxy) is 1. The summed E-state index contributed by atoms with van der Waals surface area (Å²) in [6.45, 7) is 11.5. The zero-order valence-corrected chi connectivity index (χ0v) is 20.5. The lowest BCUT2D eigenvalue weighted by Gasteiger charge is -2.40. The fourth-order valence-corrected chi connectivity index (χ4v) is 4.09. The molecule has 0 bridgehead atoms. The second kappa shape index (κ2) is 12.0. The number of piperazine rings is 1. The molecule has 0 aliphatic carbocycles. The molecule has 1 fully saturated rings. The molecule has 0 unspecified atom stereocenters. The number of halogens is 1. The van der Waals surface area contributed by atoms with Gasteiger partial charge in [0.25, 0.3) is 5.91 Å². The Bertz CT molecular complexity index is 1040. The van der Waals surface area contributed by atoms with Crippen molar-refractivity contribution in [2.75, 3.05) is 32.7 Å². The third kappa shape index (κ3) is 7.13. The Labute approximate surface area is 206 Å². The van der Waals surface area contributed by atoms with E-state index in [1.807, 2.05) is 13.0 Å². The zero-order valence-electron chi connectivity index (χ0n) is 20.5. The highest BCUT2D eigenvalue weighted by Gasteiger charge is 2.28. The highest BCUT2D eigenvalue weighted by Crippen LogP contribution is 2.26. The third-order valence-electron chi connectivity index (χ3n) is 6.11. The van der Waals surface area contributed by atoms with Crippen molar-refractivity contribution in [3.05, 3.63) is 77.6 Å². The Kier molecular flexibility index (Phi) is 9.01. The van der Waals surface area contributed by atoms with Crippen molar-refractivity contribution < 1.29 is 23.8 Å². The van der Waals surface area contributed by atoms with Gasteiger partial charge >= 0.3 is 0 Å². The van der Waals surface area contributed by atoms with Crippen molar-refractivity contribution >= 4 is 11.8 Å². The molecule has 0 radical (unpaired) electrons. The number of aryl methyl sites for hydroxylation is 1. The van der Waals surface area contributed by atoms with Crippen molar-refractivity contribution in [3.8, 4) is 5.75 Å². The molecular formula is C27H34FN3O4. The van der Waals surface area contributed by atoms with Gasteiger partial charge in [0.05, 0.1) is 6.10 Å². The van der Waals surface area contributed by atoms with Crippen LogP contribution in [0.3, 0.4) is 0 Å². The average molecular weight is 484 g/mol. The zero-order chi connectivity index (χ0) is 25.5. The van der Waals surface area contributed by atoms with Crippen LogP contribution < -0.4 is 10.1 Å². The number of hydrogen-bond acceptors (Lipinski definition) is 5. The Morgan fingerprint density at radius 2 is 1.97 bits per heavy atom. The van der Waals surface area contributed by atoms with Crippen molar-refractivity contribution in [2.45, 2.75) is 39.0 Å². The van der Waals surface area contributed by atoms with E-state index in [9.17, 15) is 19.1 Å². The predicted molar refractivity (Wildman–Crippen MR) is 133 cm³/mol. The Hall–Kier alpha value is -3.23. The lowest BCUT2D eigenvalue weighted by atomic mass is 10.0. The summed E-state index contributed by atoms with van der Waals surface area (Å²) < 4.78 is 20.7. The molecule has 0 saturated carbocycles. The van der Waals surface area contributed by atoms with E-state index in [2.05, 4.69) is 16.8 Å². The molecule has 3 rings (SSSR count). The van der Waals surface area contributed by atoms with Crippen molar-refractivity contribution in [2.24, 2.45) is 0 Å². The van der Waals surface area contributed by atoms with Gasteiger partial charge in [-0.1, -0.05) is 18.7 Å². The lowest BCUT2D eigenvalue weighted by molar-refractivity contribution is -0.130. The highest BCUT2D eigenvalue weighted by atomic mass is 19.1. The van der Waals surface area contributed by atoms with Gasteiger partial charge < -0.3 is 20.1 Å². The summed E-state index contributed by atoms with van der Waals surface area (Å²) in [6, 6.07) is 11.8. The number of nitrogens with zero attached hydrogens (tertiary/aromatic N) is 2. The van der Waals surface area contributed by atoms with E-state index >= 15 is 0 Å². The van der Waals surface area contributed by atoms with Gasteiger partial charge in [-0.05, 0) is 68.3 Å². The fourth-order valence-electron chi connectivity index (χ4n) is 4.09. The predicted octanol–water partition coefficient (Wildman–Crippen LogP) is 3.08. The maximum Gasteiger partial charge on any atom is 0.251 e. The smallest absolute Gasteiger partial charge is 0.251 e. The summed E-state index contributed by atoms with van der Waals surface area (Å²) in [7, 11) is 0. The molecule has 3 atom stereocenters. The van der Waals surface area contributed by atoms with Crippen LogP contribution in [0.25, 0.3) is 0 Å². The van der Waals surface area contributed by atoms with Crippen LogP contribution in [0.5, 0.6) is 5.75 Å². The standard InChI is InChI=1S/C27H34FN3O4/c1-5-26(33)31-13-12-30(16-19(31)3)17-25(22-7-6-18(2)24(28)14-22)35-23-10-8-21(9-11-23)27(34)29-15-20(4)32/h5-11,14,19-20,25,32H,1,12-13,15-17H2,2-4H3,(H,29,34)/t19-,20-,25-/m1/s1. The highest BCUT2D eigenvalue weighted by molar-refractivity contribution is 5.94. The molecule has 2 N–H and O–H groups in total. The van der Waals surface area contributed by atoms with E-state index in [-0.39, 0.29) is 30.2 Å². The quantitative estimate of drug-likeness (QED) is 0.536. The van der Waals surface area contributed by atoms with E-state index in [1.165, 1.54) is 12.1 Å². The first-order chi connectivity index (χ1) is 16.7. The second-order valence-corrected chi connectivity index (χ2v) is 9.04. The fraction of sp³-hybridized carbons (Fsp3) is 0.407. The number of rotatable bonds is 9. The lowest BCUT2D eigenvalue weighted by Crippen LogP contribution is -2.54. The maximum atomic E-state index is 14.4. The molecule has 0 spiro atoms. The van der Waals surface area contributed by atoms with Gasteiger partial charge in [0.15, 0.2) is 0 Å². The second-order valence-electron chi connectivity index (χ2n) is 9.04. The maximum absolute atomic E-state index is 14.4. The number of carbonyl (C=O) groups is 2. The van der Waals surface area contributed by atoms with Crippen LogP contribution in [0.4, 0.5) is 4.39 Å². The normalized spacial score (nSPS) is 18.0. The van der Waals surface area contributed by atoms with Crippen LogP contribution in [0.2, 0.25) is 0 Å². The number of benzene rings is 2. The van der Waals surface area contributed by atoms with Crippen LogP contribution in [-0.4, -0.2) is 71.6 Å². The summed E-state index contributed by atoms with van der Waals surface area (Å²) in [6.07, 6.45) is 0.257. The number of aliphatic hydroxyl groups is 1. The van der Waals surface area contributed by atoms with Gasteiger partial charge in [0.1, 0.15) is 17.7 Å². The number of aliphatic hydroxyl groups excluding tert-OH is 1. The molecule has 2 aromatic carbocycles. The average Bonchev–Trinajstić information content (AvgIpc) is 2.84. The van der Waals surface area contributed by atoms with Gasteiger partial charge in [-0.3, -0.25) is 14.5 Å². The van der Waals surface area contributed by atoms with E-state index in [0.29, 0.717) is 48.6 Å². The van der Waals surface area contributed by atoms with Gasteiger partial charge in [-0.15, -0.1) is 0 Å². The molecule has 1 aliphatic rings. The first-order valence-electron chi connectivity index (χ1n) is 11.8. The Morgan fingerprint density at radius 3 is 2.57 bits per heavy atom. The summed E-state index contributed by atoms with van der Waals surface area (Å²) >= 11 is 0. The van der Waals surface area contributed by atoms with Gasteiger partial charge in [0.2, 0.25) is 5.91 Å². The molecule has 35 heavy (non-hydrogen) atoms. The summed E-state index contributed by atoms with van der Waals surface area (Å²) in [5, 5.41) is 12.0. The molecule has 2 aromatic rings. The number of nitrogens with one attached hydrogen (secondary N) is 1. The van der Waals surface area contributed by atoms with Crippen LogP contribution >= 0.6 is 0 Å². The summed E-state index contributed by atoms with van der Waals surface area (Å²) in [5.41, 5.74) is 1.72. The van der Waals surface area contributed by atoms with Crippen molar-refractivity contribution in [1.82, 2.24) is 15.1 Å². The molecule has 0 aromatic heterocycles. The third-order valence-corrected chi connectivity index (χ3v) is 6.11. The molecule has 1 aliphatic heterocycles. The molecule has 1 saturated heterocycles. The number of hydrogen-bond donors (Lipinski definition) is 2. The van der Waals surface area contributed by atoms with Crippen molar-refractivity contribution in [1.29, 1.82) is 0 Å². The topological polar surface area (TPSA) is 82.1 Å². The molecule has 188 valence electrons. The van der Waals surface area contributed by atoms with Crippen molar-refractivity contribution in [3.63, 3.8) is 0 Å². The van der Waals surface area contributed by atoms with Crippen LogP contribution in [-0.2, 0) is 4.79 Å². The minimum atomic E-state index is -0.628. The molecule has 7 nitrogen and oxygen atoms in total. The summed E-state index contributed by atoms with van der Waals surface area (Å²) in [4.78, 5) is 28.3. The SMILES string of the molecule is C=CC(=O)N1CCN(C[C@@H](Oc2ccc(C(=O)NC[C@@H](C)O)cc2)c2ccc(C)c(F)c2)C[C@H]1C. The van der Waals surface area contributed by atoms with E-state index in [0.717, 1.165) is 0 Å². The minimum Gasteiger partial charge on any atom is -0.484 e. The largest absolute Gasteiger partial charge is 0.484 e. The minimum absolute atomic E-state index is 0.0177. The molecule has 2 amide bonds. The number of carbonyl (C=O) groups excluding carboxylic acids is 2. The Morgan fingerprint density at radius 1 is 1.26 bits per heavy atom. The molecule has 8 heteroatoms. The monoisotopic (exact) mass is 483 g/mol. The van der Waals surface area contributed by atoms with Crippen LogP contribution in [0.1, 0.15) is 41.4 Å². The first-order valence-corrected chi connectivity index (χ1v) is 11.8. The van der Waals surface area contributed by atoms with E-state index in [1.54, 1.807) is 49.1 Å². The van der Waals surface area contributed by atoms with Gasteiger partial charge in [0, 0.05) is 44.3 Å². The Balaban J connectivity index is 1.74. The molecule has 1 heterocycles. The van der Waals surface area contributed by atoms with Crippen LogP contribution in [0, 0.1) is 12.7 Å².